The Morgan fingerprint density at radius 3 is 2.62 bits per heavy atom. The topological polar surface area (TPSA) is 70.0 Å². The summed E-state index contributed by atoms with van der Waals surface area (Å²) in [4.78, 5) is 13.2. The Hall–Kier alpha value is -1.43. The molecule has 1 aliphatic heterocycles. The third-order valence-corrected chi connectivity index (χ3v) is 3.86. The SMILES string of the molecule is CC1CN(Cc2ccc(C(C)C(=O)O)cc2)CC(CO)O1. The monoisotopic (exact) mass is 293 g/mol. The average molecular weight is 293 g/mol. The largest absolute Gasteiger partial charge is 0.481 e. The minimum absolute atomic E-state index is 0.0376. The number of ether oxygens (including phenoxy) is 1. The maximum absolute atomic E-state index is 11.0. The van der Waals surface area contributed by atoms with Crippen LogP contribution in [-0.2, 0) is 16.1 Å². The minimum Gasteiger partial charge on any atom is -0.481 e. The summed E-state index contributed by atoms with van der Waals surface area (Å²) in [6, 6.07) is 7.70. The first-order valence-corrected chi connectivity index (χ1v) is 7.30. The van der Waals surface area contributed by atoms with Crippen molar-refractivity contribution in [3.8, 4) is 0 Å². The second-order valence-corrected chi connectivity index (χ2v) is 5.75. The molecule has 1 aromatic carbocycles. The van der Waals surface area contributed by atoms with Gasteiger partial charge in [-0.1, -0.05) is 24.3 Å². The van der Waals surface area contributed by atoms with Gasteiger partial charge in [-0.3, -0.25) is 9.69 Å². The highest BCUT2D eigenvalue weighted by molar-refractivity contribution is 5.75. The van der Waals surface area contributed by atoms with E-state index < -0.39 is 11.9 Å². The number of nitrogens with zero attached hydrogens (tertiary/aromatic N) is 1. The van der Waals surface area contributed by atoms with Crippen molar-refractivity contribution in [2.45, 2.75) is 38.5 Å². The lowest BCUT2D eigenvalue weighted by Gasteiger charge is -2.36. The molecule has 2 rings (SSSR count). The van der Waals surface area contributed by atoms with E-state index in [0.717, 1.165) is 24.2 Å². The Morgan fingerprint density at radius 2 is 2.05 bits per heavy atom. The normalized spacial score (nSPS) is 24.7. The molecule has 2 N–H and O–H groups in total. The number of morpholine rings is 1. The number of carboxylic acids is 1. The molecule has 1 aromatic rings. The van der Waals surface area contributed by atoms with E-state index in [4.69, 9.17) is 9.84 Å². The number of benzene rings is 1. The summed E-state index contributed by atoms with van der Waals surface area (Å²) in [6.07, 6.45) is -0.0118. The Bertz CT molecular complexity index is 474. The van der Waals surface area contributed by atoms with Crippen LogP contribution in [0.1, 0.15) is 30.9 Å². The molecule has 21 heavy (non-hydrogen) atoms. The summed E-state index contributed by atoms with van der Waals surface area (Å²) < 4.78 is 5.62. The minimum atomic E-state index is -0.810. The summed E-state index contributed by atoms with van der Waals surface area (Å²) in [5, 5.41) is 18.2. The Labute approximate surface area is 125 Å². The van der Waals surface area contributed by atoms with E-state index in [1.807, 2.05) is 31.2 Å². The highest BCUT2D eigenvalue weighted by atomic mass is 16.5. The maximum Gasteiger partial charge on any atom is 0.310 e. The smallest absolute Gasteiger partial charge is 0.310 e. The molecular weight excluding hydrogens is 270 g/mol. The van der Waals surface area contributed by atoms with Crippen molar-refractivity contribution in [2.75, 3.05) is 19.7 Å². The molecule has 1 heterocycles. The van der Waals surface area contributed by atoms with Gasteiger partial charge in [-0.25, -0.2) is 0 Å². The molecule has 0 bridgehead atoms. The molecule has 0 aromatic heterocycles. The zero-order chi connectivity index (χ0) is 15.4. The van der Waals surface area contributed by atoms with Crippen LogP contribution in [0.25, 0.3) is 0 Å². The first-order valence-electron chi connectivity index (χ1n) is 7.30. The summed E-state index contributed by atoms with van der Waals surface area (Å²) in [5.41, 5.74) is 1.96. The molecule has 0 saturated carbocycles. The molecule has 116 valence electrons. The highest BCUT2D eigenvalue weighted by Crippen LogP contribution is 2.18. The van der Waals surface area contributed by atoms with E-state index >= 15 is 0 Å². The van der Waals surface area contributed by atoms with E-state index in [9.17, 15) is 9.90 Å². The van der Waals surface area contributed by atoms with Gasteiger partial charge < -0.3 is 14.9 Å². The lowest BCUT2D eigenvalue weighted by atomic mass is 10.00. The quantitative estimate of drug-likeness (QED) is 0.860. The van der Waals surface area contributed by atoms with Gasteiger partial charge in [-0.2, -0.15) is 0 Å². The van der Waals surface area contributed by atoms with Gasteiger partial charge in [0.05, 0.1) is 24.7 Å². The fraction of sp³-hybridized carbons (Fsp3) is 0.562. The van der Waals surface area contributed by atoms with Gasteiger partial charge in [-0.15, -0.1) is 0 Å². The first kappa shape index (κ1) is 15.9. The number of hydrogen-bond acceptors (Lipinski definition) is 4. The van der Waals surface area contributed by atoms with Crippen molar-refractivity contribution in [2.24, 2.45) is 0 Å². The second-order valence-electron chi connectivity index (χ2n) is 5.75. The second kappa shape index (κ2) is 7.02. The molecule has 0 spiro atoms. The van der Waals surface area contributed by atoms with E-state index in [0.29, 0.717) is 6.54 Å². The van der Waals surface area contributed by atoms with Gasteiger partial charge in [-0.05, 0) is 25.0 Å². The summed E-state index contributed by atoms with van der Waals surface area (Å²) in [7, 11) is 0. The molecule has 3 unspecified atom stereocenters. The third-order valence-electron chi connectivity index (χ3n) is 3.86. The van der Waals surface area contributed by atoms with Gasteiger partial charge in [0, 0.05) is 19.6 Å². The molecule has 1 aliphatic rings. The van der Waals surface area contributed by atoms with E-state index in [1.165, 1.54) is 0 Å². The molecule has 0 aliphatic carbocycles. The zero-order valence-electron chi connectivity index (χ0n) is 12.5. The van der Waals surface area contributed by atoms with Gasteiger partial charge >= 0.3 is 5.97 Å². The molecular formula is C16H23NO4. The van der Waals surface area contributed by atoms with Crippen molar-refractivity contribution in [3.63, 3.8) is 0 Å². The Kier molecular flexibility index (Phi) is 5.33. The number of aliphatic hydroxyl groups excluding tert-OH is 1. The number of aliphatic carboxylic acids is 1. The van der Waals surface area contributed by atoms with Crippen LogP contribution in [0.5, 0.6) is 0 Å². The fourth-order valence-corrected chi connectivity index (χ4v) is 2.68. The van der Waals surface area contributed by atoms with Crippen LogP contribution in [0.3, 0.4) is 0 Å². The Morgan fingerprint density at radius 1 is 1.38 bits per heavy atom. The standard InChI is InChI=1S/C16H23NO4/c1-11-7-17(9-15(10-18)21-11)8-13-3-5-14(6-4-13)12(2)16(19)20/h3-6,11-12,15,18H,7-10H2,1-2H3,(H,19,20). The molecule has 0 radical (unpaired) electrons. The molecule has 3 atom stereocenters. The lowest BCUT2D eigenvalue weighted by molar-refractivity contribution is -0.138. The fourth-order valence-electron chi connectivity index (χ4n) is 2.68. The third kappa shape index (κ3) is 4.27. The molecule has 5 heteroatoms. The van der Waals surface area contributed by atoms with E-state index in [1.54, 1.807) is 6.92 Å². The predicted molar refractivity (Wildman–Crippen MR) is 79.2 cm³/mol. The van der Waals surface area contributed by atoms with Crippen LogP contribution >= 0.6 is 0 Å². The lowest BCUT2D eigenvalue weighted by Crippen LogP contribution is -2.47. The summed E-state index contributed by atoms with van der Waals surface area (Å²) >= 11 is 0. The Balaban J connectivity index is 1.98. The highest BCUT2D eigenvalue weighted by Gasteiger charge is 2.24. The molecule has 1 saturated heterocycles. The summed E-state index contributed by atoms with van der Waals surface area (Å²) in [6.45, 7) is 6.07. The number of carbonyl (C=O) groups is 1. The first-order chi connectivity index (χ1) is 9.99. The number of aliphatic hydroxyl groups is 1. The molecule has 1 fully saturated rings. The summed E-state index contributed by atoms with van der Waals surface area (Å²) in [5.74, 6) is -1.29. The van der Waals surface area contributed by atoms with Crippen molar-refractivity contribution in [3.05, 3.63) is 35.4 Å². The number of rotatable bonds is 5. The molecule has 5 nitrogen and oxygen atoms in total. The maximum atomic E-state index is 11.0. The van der Waals surface area contributed by atoms with Gasteiger partial charge in [0.25, 0.3) is 0 Å². The van der Waals surface area contributed by atoms with Crippen LogP contribution in [0.4, 0.5) is 0 Å². The van der Waals surface area contributed by atoms with E-state index in [2.05, 4.69) is 4.90 Å². The van der Waals surface area contributed by atoms with E-state index in [-0.39, 0.29) is 18.8 Å². The van der Waals surface area contributed by atoms with Crippen molar-refractivity contribution in [1.29, 1.82) is 0 Å². The van der Waals surface area contributed by atoms with Crippen molar-refractivity contribution in [1.82, 2.24) is 4.90 Å². The zero-order valence-corrected chi connectivity index (χ0v) is 12.5. The van der Waals surface area contributed by atoms with Crippen LogP contribution in [0.15, 0.2) is 24.3 Å². The van der Waals surface area contributed by atoms with Crippen LogP contribution < -0.4 is 0 Å². The van der Waals surface area contributed by atoms with Crippen molar-refractivity contribution < 1.29 is 19.7 Å². The van der Waals surface area contributed by atoms with Crippen molar-refractivity contribution >= 4 is 5.97 Å². The molecule has 0 amide bonds. The van der Waals surface area contributed by atoms with Gasteiger partial charge in [0.15, 0.2) is 0 Å². The van der Waals surface area contributed by atoms with Crippen LogP contribution in [0.2, 0.25) is 0 Å². The van der Waals surface area contributed by atoms with Crippen LogP contribution in [-0.4, -0.2) is 53.0 Å². The number of hydrogen-bond donors (Lipinski definition) is 2. The number of carboxylic acid groups (broad SMARTS) is 1. The average Bonchev–Trinajstić information content (AvgIpc) is 2.46. The van der Waals surface area contributed by atoms with Gasteiger partial charge in [0.1, 0.15) is 0 Å². The predicted octanol–water partition coefficient (Wildman–Crippen LogP) is 1.46. The van der Waals surface area contributed by atoms with Crippen LogP contribution in [0, 0.1) is 0 Å². The van der Waals surface area contributed by atoms with Gasteiger partial charge in [0.2, 0.25) is 0 Å².